The quantitative estimate of drug-likeness (QED) is 0.671. The number of nitrogens with zero attached hydrogens (tertiary/aromatic N) is 2. The highest BCUT2D eigenvalue weighted by atomic mass is 19.1. The summed E-state index contributed by atoms with van der Waals surface area (Å²) in [5, 5.41) is 11.9. The summed E-state index contributed by atoms with van der Waals surface area (Å²) in [5.41, 5.74) is 2.65. The minimum absolute atomic E-state index is 0.00443. The molecule has 1 heterocycles. The van der Waals surface area contributed by atoms with E-state index in [1.807, 2.05) is 0 Å². The van der Waals surface area contributed by atoms with Gasteiger partial charge in [-0.1, -0.05) is 12.1 Å². The number of aliphatic imine (C=N–C) groups is 1. The Bertz CT molecular complexity index is 1250. The second kappa shape index (κ2) is 7.76. The summed E-state index contributed by atoms with van der Waals surface area (Å²) in [7, 11) is 1.42. The summed E-state index contributed by atoms with van der Waals surface area (Å²) in [4.78, 5) is 17.1. The normalized spacial score (nSPS) is 12.9. The van der Waals surface area contributed by atoms with E-state index in [-0.39, 0.29) is 23.6 Å². The molecular weight excluding hydrogens is 388 g/mol. The number of carbonyl (C=O) groups excluding carboxylic acids is 1. The fourth-order valence-electron chi connectivity index (χ4n) is 3.31. The molecule has 148 valence electrons. The highest BCUT2D eigenvalue weighted by Gasteiger charge is 2.21. The zero-order chi connectivity index (χ0) is 21.3. The van der Waals surface area contributed by atoms with Gasteiger partial charge in [-0.3, -0.25) is 4.79 Å². The standard InChI is InChI=1S/C23H15F2N3O2/c1-30-22-10-21-20(9-17(22)16-8-15(24)5-6-18(16)25)28-23(29)11-19(27-21)14-4-2-3-13(7-14)12-26/h2-10H,11H2,1H3,(H,28,29). The molecule has 4 rings (SSSR count). The van der Waals surface area contributed by atoms with Crippen molar-refractivity contribution in [2.24, 2.45) is 4.99 Å². The highest BCUT2D eigenvalue weighted by molar-refractivity contribution is 6.17. The van der Waals surface area contributed by atoms with Crippen LogP contribution in [-0.4, -0.2) is 18.7 Å². The Labute approximate surface area is 171 Å². The molecule has 0 aliphatic carbocycles. The van der Waals surface area contributed by atoms with Crippen molar-refractivity contribution in [2.45, 2.75) is 6.42 Å². The predicted molar refractivity (Wildman–Crippen MR) is 109 cm³/mol. The van der Waals surface area contributed by atoms with Crippen molar-refractivity contribution < 1.29 is 18.3 Å². The first-order valence-corrected chi connectivity index (χ1v) is 9.04. The maximum Gasteiger partial charge on any atom is 0.230 e. The molecule has 0 saturated heterocycles. The van der Waals surface area contributed by atoms with Gasteiger partial charge in [0.05, 0.1) is 42.2 Å². The average molecular weight is 403 g/mol. The molecule has 5 nitrogen and oxygen atoms in total. The third-order valence-corrected chi connectivity index (χ3v) is 4.72. The van der Waals surface area contributed by atoms with Gasteiger partial charge < -0.3 is 10.1 Å². The SMILES string of the molecule is COc1cc2c(cc1-c1cc(F)ccc1F)NC(=O)CC(c1cccc(C#N)c1)=N2. The van der Waals surface area contributed by atoms with Crippen LogP contribution in [0.5, 0.6) is 5.75 Å². The summed E-state index contributed by atoms with van der Waals surface area (Å²) in [6.45, 7) is 0. The zero-order valence-corrected chi connectivity index (χ0v) is 15.9. The molecule has 0 unspecified atom stereocenters. The largest absolute Gasteiger partial charge is 0.496 e. The lowest BCUT2D eigenvalue weighted by Gasteiger charge is -2.14. The van der Waals surface area contributed by atoms with Gasteiger partial charge in [-0.25, -0.2) is 13.8 Å². The van der Waals surface area contributed by atoms with Crippen LogP contribution in [0.3, 0.4) is 0 Å². The smallest absolute Gasteiger partial charge is 0.230 e. The third-order valence-electron chi connectivity index (χ3n) is 4.72. The molecular formula is C23H15F2N3O2. The number of anilines is 1. The number of benzene rings is 3. The van der Waals surface area contributed by atoms with Crippen molar-refractivity contribution in [1.82, 2.24) is 0 Å². The van der Waals surface area contributed by atoms with Gasteiger partial charge in [0, 0.05) is 17.2 Å². The van der Waals surface area contributed by atoms with Gasteiger partial charge in [0.15, 0.2) is 0 Å². The van der Waals surface area contributed by atoms with E-state index in [0.717, 1.165) is 18.2 Å². The number of hydrogen-bond donors (Lipinski definition) is 1. The van der Waals surface area contributed by atoms with Crippen molar-refractivity contribution >= 4 is 23.0 Å². The number of nitrogens with one attached hydrogen (secondary N) is 1. The minimum atomic E-state index is -0.618. The highest BCUT2D eigenvalue weighted by Crippen LogP contribution is 2.41. The molecule has 1 N–H and O–H groups in total. The van der Waals surface area contributed by atoms with Crippen LogP contribution in [0.1, 0.15) is 17.5 Å². The molecule has 0 spiro atoms. The molecule has 0 atom stereocenters. The number of fused-ring (bicyclic) bond motifs is 1. The molecule has 30 heavy (non-hydrogen) atoms. The second-order valence-electron chi connectivity index (χ2n) is 6.67. The molecule has 3 aromatic carbocycles. The van der Waals surface area contributed by atoms with Gasteiger partial charge in [-0.15, -0.1) is 0 Å². The van der Waals surface area contributed by atoms with Gasteiger partial charge in [0.25, 0.3) is 0 Å². The van der Waals surface area contributed by atoms with Crippen LogP contribution >= 0.6 is 0 Å². The molecule has 0 fully saturated rings. The number of amides is 1. The molecule has 0 saturated carbocycles. The fourth-order valence-corrected chi connectivity index (χ4v) is 3.31. The predicted octanol–water partition coefficient (Wildman–Crippen LogP) is 4.98. The Morgan fingerprint density at radius 2 is 1.93 bits per heavy atom. The molecule has 7 heteroatoms. The van der Waals surface area contributed by atoms with Crippen molar-refractivity contribution in [3.05, 3.63) is 77.4 Å². The Balaban J connectivity index is 1.88. The molecule has 1 aliphatic rings. The van der Waals surface area contributed by atoms with Gasteiger partial charge >= 0.3 is 0 Å². The Kier molecular flexibility index (Phi) is 4.98. The summed E-state index contributed by atoms with van der Waals surface area (Å²) < 4.78 is 33.5. The lowest BCUT2D eigenvalue weighted by molar-refractivity contribution is -0.115. The Morgan fingerprint density at radius 3 is 2.70 bits per heavy atom. The molecule has 0 bridgehead atoms. The topological polar surface area (TPSA) is 74.5 Å². The number of ether oxygens (including phenoxy) is 1. The van der Waals surface area contributed by atoms with Gasteiger partial charge in [-0.05, 0) is 42.0 Å². The van der Waals surface area contributed by atoms with E-state index in [4.69, 9.17) is 10.00 Å². The number of rotatable bonds is 3. The lowest BCUT2D eigenvalue weighted by Crippen LogP contribution is -2.15. The number of nitriles is 1. The summed E-state index contributed by atoms with van der Waals surface area (Å²) >= 11 is 0. The van der Waals surface area contributed by atoms with E-state index in [1.54, 1.807) is 30.3 Å². The molecule has 1 aliphatic heterocycles. The van der Waals surface area contributed by atoms with Gasteiger partial charge in [-0.2, -0.15) is 5.26 Å². The average Bonchev–Trinajstić information content (AvgIpc) is 2.92. The van der Waals surface area contributed by atoms with E-state index in [1.165, 1.54) is 13.2 Å². The van der Waals surface area contributed by atoms with Crippen LogP contribution in [0.4, 0.5) is 20.2 Å². The van der Waals surface area contributed by atoms with Crippen LogP contribution in [0, 0.1) is 23.0 Å². The number of hydrogen-bond acceptors (Lipinski definition) is 4. The molecule has 0 radical (unpaired) electrons. The Morgan fingerprint density at radius 1 is 1.10 bits per heavy atom. The third kappa shape index (κ3) is 3.63. The van der Waals surface area contributed by atoms with Gasteiger partial charge in [0.2, 0.25) is 5.91 Å². The van der Waals surface area contributed by atoms with Crippen molar-refractivity contribution in [3.8, 4) is 22.9 Å². The first-order chi connectivity index (χ1) is 14.5. The first-order valence-electron chi connectivity index (χ1n) is 9.04. The van der Waals surface area contributed by atoms with Crippen molar-refractivity contribution in [2.75, 3.05) is 12.4 Å². The van der Waals surface area contributed by atoms with Gasteiger partial charge in [0.1, 0.15) is 17.4 Å². The molecule has 0 aromatic heterocycles. The van der Waals surface area contributed by atoms with E-state index in [0.29, 0.717) is 33.8 Å². The summed E-state index contributed by atoms with van der Waals surface area (Å²) in [6.07, 6.45) is -0.00443. The van der Waals surface area contributed by atoms with Crippen molar-refractivity contribution in [1.29, 1.82) is 5.26 Å². The van der Waals surface area contributed by atoms with E-state index in [9.17, 15) is 13.6 Å². The van der Waals surface area contributed by atoms with E-state index in [2.05, 4.69) is 16.4 Å². The minimum Gasteiger partial charge on any atom is -0.496 e. The second-order valence-corrected chi connectivity index (χ2v) is 6.67. The van der Waals surface area contributed by atoms with Crippen LogP contribution in [0.25, 0.3) is 11.1 Å². The van der Waals surface area contributed by atoms with Crippen LogP contribution in [0.2, 0.25) is 0 Å². The maximum atomic E-state index is 14.4. The first kappa shape index (κ1) is 19.3. The van der Waals surface area contributed by atoms with E-state index < -0.39 is 11.6 Å². The maximum absolute atomic E-state index is 14.4. The van der Waals surface area contributed by atoms with Crippen LogP contribution < -0.4 is 10.1 Å². The number of carbonyl (C=O) groups is 1. The van der Waals surface area contributed by atoms with Crippen LogP contribution in [-0.2, 0) is 4.79 Å². The van der Waals surface area contributed by atoms with Crippen molar-refractivity contribution in [3.63, 3.8) is 0 Å². The zero-order valence-electron chi connectivity index (χ0n) is 15.9. The fraction of sp³-hybridized carbons (Fsp3) is 0.0870. The number of methoxy groups -OCH3 is 1. The number of halogens is 2. The molecule has 3 aromatic rings. The monoisotopic (exact) mass is 403 g/mol. The Hall–Kier alpha value is -4.05. The van der Waals surface area contributed by atoms with Crippen LogP contribution in [0.15, 0.2) is 59.6 Å². The molecule has 1 amide bonds. The summed E-state index contributed by atoms with van der Waals surface area (Å²) in [6, 6.07) is 15.1. The van der Waals surface area contributed by atoms with E-state index >= 15 is 0 Å². The summed E-state index contributed by atoms with van der Waals surface area (Å²) in [5.74, 6) is -1.24. The lowest BCUT2D eigenvalue weighted by atomic mass is 10.0.